The molecule has 0 aliphatic heterocycles. The Hall–Kier alpha value is -2.68. The highest BCUT2D eigenvalue weighted by Gasteiger charge is 2.14. The summed E-state index contributed by atoms with van der Waals surface area (Å²) < 4.78 is 8.81. The highest BCUT2D eigenvalue weighted by molar-refractivity contribution is 9.10. The summed E-state index contributed by atoms with van der Waals surface area (Å²) >= 11 is 3.25. The van der Waals surface area contributed by atoms with Gasteiger partial charge in [0.05, 0.1) is 6.54 Å². The Bertz CT molecular complexity index is 1040. The highest BCUT2D eigenvalue weighted by atomic mass is 79.9. The number of halogens is 1. The van der Waals surface area contributed by atoms with Crippen LogP contribution >= 0.6 is 15.9 Å². The van der Waals surface area contributed by atoms with Crippen LogP contribution in [0.3, 0.4) is 0 Å². The van der Waals surface area contributed by atoms with E-state index in [0.717, 1.165) is 5.75 Å². The minimum Gasteiger partial charge on any atom is -0.492 e. The SMILES string of the molecule is CC(C)c1ccc(OCCNC(=O)Cn2cnc3c(c(Br)nn3C)c2=O)cc1. The average molecular weight is 448 g/mol. The van der Waals surface area contributed by atoms with E-state index in [0.29, 0.717) is 34.7 Å². The molecule has 3 rings (SSSR count). The molecule has 0 aliphatic carbocycles. The number of amides is 1. The van der Waals surface area contributed by atoms with Gasteiger partial charge in [-0.25, -0.2) is 9.67 Å². The van der Waals surface area contributed by atoms with Gasteiger partial charge in [0, 0.05) is 7.05 Å². The monoisotopic (exact) mass is 447 g/mol. The summed E-state index contributed by atoms with van der Waals surface area (Å²) in [7, 11) is 1.70. The summed E-state index contributed by atoms with van der Waals surface area (Å²) in [5.41, 5.74) is 1.39. The number of nitrogens with zero attached hydrogens (tertiary/aromatic N) is 4. The number of carbonyl (C=O) groups excluding carboxylic acids is 1. The maximum Gasteiger partial charge on any atom is 0.266 e. The van der Waals surface area contributed by atoms with Gasteiger partial charge in [-0.3, -0.25) is 14.2 Å². The third kappa shape index (κ3) is 4.41. The van der Waals surface area contributed by atoms with Crippen LogP contribution in [0.25, 0.3) is 11.0 Å². The predicted octanol–water partition coefficient (Wildman–Crippen LogP) is 2.21. The molecule has 0 bridgehead atoms. The van der Waals surface area contributed by atoms with Crippen molar-refractivity contribution in [1.29, 1.82) is 0 Å². The van der Waals surface area contributed by atoms with Crippen LogP contribution in [-0.2, 0) is 18.4 Å². The number of hydrogen-bond donors (Lipinski definition) is 1. The van der Waals surface area contributed by atoms with E-state index in [1.54, 1.807) is 7.05 Å². The van der Waals surface area contributed by atoms with Crippen LogP contribution in [0, 0.1) is 0 Å². The number of aryl methyl sites for hydroxylation is 1. The van der Waals surface area contributed by atoms with Crippen LogP contribution in [0.15, 0.2) is 40.0 Å². The van der Waals surface area contributed by atoms with Gasteiger partial charge >= 0.3 is 0 Å². The van der Waals surface area contributed by atoms with Crippen molar-refractivity contribution in [3.8, 4) is 5.75 Å². The Balaban J connectivity index is 1.52. The molecule has 8 nitrogen and oxygen atoms in total. The molecular formula is C19H22BrN5O3. The van der Waals surface area contributed by atoms with E-state index in [1.165, 1.54) is 21.1 Å². The van der Waals surface area contributed by atoms with Gasteiger partial charge in [0.1, 0.15) is 35.2 Å². The first-order valence-corrected chi connectivity index (χ1v) is 9.73. The van der Waals surface area contributed by atoms with Crippen molar-refractivity contribution in [1.82, 2.24) is 24.6 Å². The number of fused-ring (bicyclic) bond motifs is 1. The third-order valence-corrected chi connectivity index (χ3v) is 4.88. The second kappa shape index (κ2) is 8.55. The molecule has 2 heterocycles. The smallest absolute Gasteiger partial charge is 0.266 e. The predicted molar refractivity (Wildman–Crippen MR) is 110 cm³/mol. The van der Waals surface area contributed by atoms with Crippen LogP contribution in [0.4, 0.5) is 0 Å². The number of carbonyl (C=O) groups is 1. The molecule has 2 aromatic heterocycles. The summed E-state index contributed by atoms with van der Waals surface area (Å²) in [6, 6.07) is 7.90. The van der Waals surface area contributed by atoms with Crippen LogP contribution in [-0.4, -0.2) is 38.4 Å². The molecule has 0 atom stereocenters. The Morgan fingerprint density at radius 3 is 2.68 bits per heavy atom. The summed E-state index contributed by atoms with van der Waals surface area (Å²) in [6.07, 6.45) is 1.35. The Labute approximate surface area is 170 Å². The van der Waals surface area contributed by atoms with Gasteiger partial charge in [-0.1, -0.05) is 26.0 Å². The first kappa shape index (κ1) is 20.1. The van der Waals surface area contributed by atoms with Crippen molar-refractivity contribution < 1.29 is 9.53 Å². The van der Waals surface area contributed by atoms with Crippen molar-refractivity contribution >= 4 is 32.9 Å². The molecule has 0 spiro atoms. The summed E-state index contributed by atoms with van der Waals surface area (Å²) in [6.45, 7) is 4.83. The first-order valence-electron chi connectivity index (χ1n) is 8.94. The minimum absolute atomic E-state index is 0.119. The van der Waals surface area contributed by atoms with Gasteiger partial charge < -0.3 is 10.1 Å². The van der Waals surface area contributed by atoms with Gasteiger partial charge in [0.2, 0.25) is 5.91 Å². The zero-order valence-electron chi connectivity index (χ0n) is 16.0. The molecule has 1 N–H and O–H groups in total. The van der Waals surface area contributed by atoms with Gasteiger partial charge in [-0.2, -0.15) is 5.10 Å². The number of aromatic nitrogens is 4. The standard InChI is InChI=1S/C19H22BrN5O3/c1-12(2)13-4-6-14(7-5-13)28-9-8-21-15(26)10-25-11-22-18-16(19(25)27)17(20)23-24(18)3/h4-7,11-12H,8-10H2,1-3H3,(H,21,26). The quantitative estimate of drug-likeness (QED) is 0.560. The van der Waals surface area contributed by atoms with Gasteiger partial charge in [-0.05, 0) is 39.5 Å². The van der Waals surface area contributed by atoms with E-state index < -0.39 is 0 Å². The van der Waals surface area contributed by atoms with Crippen molar-refractivity contribution in [2.24, 2.45) is 7.05 Å². The maximum absolute atomic E-state index is 12.5. The van der Waals surface area contributed by atoms with Crippen LogP contribution < -0.4 is 15.6 Å². The number of ether oxygens (including phenoxy) is 1. The molecule has 0 saturated carbocycles. The Kier molecular flexibility index (Phi) is 6.13. The number of hydrogen-bond acceptors (Lipinski definition) is 5. The van der Waals surface area contributed by atoms with E-state index in [4.69, 9.17) is 4.74 Å². The Morgan fingerprint density at radius 1 is 1.29 bits per heavy atom. The lowest BCUT2D eigenvalue weighted by atomic mass is 10.0. The normalized spacial score (nSPS) is 11.2. The Morgan fingerprint density at radius 2 is 2.00 bits per heavy atom. The molecule has 1 amide bonds. The molecule has 0 aliphatic rings. The average Bonchev–Trinajstić information content (AvgIpc) is 2.95. The van der Waals surface area contributed by atoms with Gasteiger partial charge in [0.15, 0.2) is 5.65 Å². The molecule has 0 unspecified atom stereocenters. The van der Waals surface area contributed by atoms with Crippen LogP contribution in [0.1, 0.15) is 25.3 Å². The lowest BCUT2D eigenvalue weighted by Gasteiger charge is -2.10. The lowest BCUT2D eigenvalue weighted by molar-refractivity contribution is -0.121. The summed E-state index contributed by atoms with van der Waals surface area (Å²) in [4.78, 5) is 28.9. The maximum atomic E-state index is 12.5. The van der Waals surface area contributed by atoms with Crippen LogP contribution in [0.2, 0.25) is 0 Å². The molecule has 0 fully saturated rings. The number of rotatable bonds is 7. The molecule has 1 aromatic carbocycles. The van der Waals surface area contributed by atoms with Crippen molar-refractivity contribution in [2.75, 3.05) is 13.2 Å². The summed E-state index contributed by atoms with van der Waals surface area (Å²) in [5.74, 6) is 0.936. The van der Waals surface area contributed by atoms with E-state index in [1.807, 2.05) is 24.3 Å². The summed E-state index contributed by atoms with van der Waals surface area (Å²) in [5, 5.41) is 7.21. The largest absolute Gasteiger partial charge is 0.492 e. The minimum atomic E-state index is -0.318. The zero-order valence-corrected chi connectivity index (χ0v) is 17.6. The van der Waals surface area contributed by atoms with Crippen molar-refractivity contribution in [2.45, 2.75) is 26.3 Å². The fourth-order valence-electron chi connectivity index (χ4n) is 2.77. The van der Waals surface area contributed by atoms with Gasteiger partial charge in [-0.15, -0.1) is 0 Å². The molecular weight excluding hydrogens is 426 g/mol. The lowest BCUT2D eigenvalue weighted by Crippen LogP contribution is -2.34. The topological polar surface area (TPSA) is 91.0 Å². The second-order valence-corrected chi connectivity index (χ2v) is 7.46. The fourth-order valence-corrected chi connectivity index (χ4v) is 3.35. The van der Waals surface area contributed by atoms with E-state index in [2.05, 4.69) is 45.2 Å². The van der Waals surface area contributed by atoms with Crippen LogP contribution in [0.5, 0.6) is 5.75 Å². The highest BCUT2D eigenvalue weighted by Crippen LogP contribution is 2.18. The number of nitrogens with one attached hydrogen (secondary N) is 1. The molecule has 148 valence electrons. The van der Waals surface area contributed by atoms with E-state index in [9.17, 15) is 9.59 Å². The molecule has 0 radical (unpaired) electrons. The number of benzene rings is 1. The van der Waals surface area contributed by atoms with E-state index >= 15 is 0 Å². The zero-order chi connectivity index (χ0) is 20.3. The molecule has 28 heavy (non-hydrogen) atoms. The van der Waals surface area contributed by atoms with E-state index in [-0.39, 0.29) is 18.0 Å². The van der Waals surface area contributed by atoms with Gasteiger partial charge in [0.25, 0.3) is 5.56 Å². The molecule has 9 heteroatoms. The first-order chi connectivity index (χ1) is 13.4. The second-order valence-electron chi connectivity index (χ2n) is 6.71. The molecule has 0 saturated heterocycles. The third-order valence-electron chi connectivity index (χ3n) is 4.32. The van der Waals surface area contributed by atoms with Crippen molar-refractivity contribution in [3.63, 3.8) is 0 Å². The fraction of sp³-hybridized carbons (Fsp3) is 0.368. The van der Waals surface area contributed by atoms with Crippen molar-refractivity contribution in [3.05, 3.63) is 51.1 Å². The molecule has 3 aromatic rings.